The highest BCUT2D eigenvalue weighted by Gasteiger charge is 2.11. The average Bonchev–Trinajstić information content (AvgIpc) is 2.07. The maximum Gasteiger partial charge on any atom is 0.0106 e. The van der Waals surface area contributed by atoms with Crippen molar-refractivity contribution < 1.29 is 0 Å². The van der Waals surface area contributed by atoms with Crippen molar-refractivity contribution in [1.29, 1.82) is 0 Å². The summed E-state index contributed by atoms with van der Waals surface area (Å²) in [5, 5.41) is 0. The fraction of sp³-hybridized carbons (Fsp3) is 0.778. The molecule has 0 aromatic heterocycles. The Morgan fingerprint density at radius 2 is 2.36 bits per heavy atom. The molecular formula is C9H17NS. The van der Waals surface area contributed by atoms with E-state index in [4.69, 9.17) is 5.73 Å². The van der Waals surface area contributed by atoms with Crippen LogP contribution in [-0.2, 0) is 0 Å². The number of hydrogen-bond donors (Lipinski definition) is 1. The summed E-state index contributed by atoms with van der Waals surface area (Å²) >= 11 is 2.10. The van der Waals surface area contributed by atoms with E-state index in [1.54, 1.807) is 0 Å². The normalized spacial score (nSPS) is 26.1. The maximum absolute atomic E-state index is 5.35. The lowest BCUT2D eigenvalue weighted by Crippen LogP contribution is -2.09. The molecule has 0 aliphatic carbocycles. The highest BCUT2D eigenvalue weighted by molar-refractivity contribution is 7.99. The Balaban J connectivity index is 2.09. The van der Waals surface area contributed by atoms with Crippen LogP contribution in [0.4, 0.5) is 0 Å². The molecule has 1 atom stereocenters. The lowest BCUT2D eigenvalue weighted by atomic mass is 10.0. The molecule has 64 valence electrons. The van der Waals surface area contributed by atoms with Crippen LogP contribution in [0.3, 0.4) is 0 Å². The van der Waals surface area contributed by atoms with Gasteiger partial charge in [0.25, 0.3) is 0 Å². The van der Waals surface area contributed by atoms with E-state index in [0.717, 1.165) is 5.92 Å². The van der Waals surface area contributed by atoms with Crippen LogP contribution in [0, 0.1) is 5.92 Å². The Kier molecular flexibility index (Phi) is 4.71. The fourth-order valence-electron chi connectivity index (χ4n) is 1.38. The van der Waals surface area contributed by atoms with Gasteiger partial charge in [-0.25, -0.2) is 0 Å². The van der Waals surface area contributed by atoms with Crippen LogP contribution >= 0.6 is 11.8 Å². The Morgan fingerprint density at radius 3 is 3.00 bits per heavy atom. The van der Waals surface area contributed by atoms with Crippen LogP contribution in [0.1, 0.15) is 19.3 Å². The summed E-state index contributed by atoms with van der Waals surface area (Å²) in [5.41, 5.74) is 5.35. The van der Waals surface area contributed by atoms with E-state index in [1.807, 2.05) is 0 Å². The van der Waals surface area contributed by atoms with Crippen LogP contribution in [-0.4, -0.2) is 18.1 Å². The van der Waals surface area contributed by atoms with Gasteiger partial charge in [0.2, 0.25) is 0 Å². The van der Waals surface area contributed by atoms with E-state index in [9.17, 15) is 0 Å². The van der Waals surface area contributed by atoms with E-state index in [2.05, 4.69) is 23.9 Å². The minimum Gasteiger partial charge on any atom is -0.327 e. The monoisotopic (exact) mass is 171 g/mol. The molecule has 1 nitrogen and oxygen atoms in total. The van der Waals surface area contributed by atoms with E-state index in [0.29, 0.717) is 6.54 Å². The van der Waals surface area contributed by atoms with E-state index >= 15 is 0 Å². The minimum atomic E-state index is 0.694. The zero-order valence-electron chi connectivity index (χ0n) is 6.96. The molecule has 0 aromatic rings. The molecule has 0 saturated carbocycles. The fourth-order valence-corrected chi connectivity index (χ4v) is 2.55. The average molecular weight is 171 g/mol. The van der Waals surface area contributed by atoms with Gasteiger partial charge in [-0.3, -0.25) is 0 Å². The summed E-state index contributed by atoms with van der Waals surface area (Å²) in [7, 11) is 0. The predicted molar refractivity (Wildman–Crippen MR) is 52.9 cm³/mol. The minimum absolute atomic E-state index is 0.694. The van der Waals surface area contributed by atoms with Gasteiger partial charge in [0.1, 0.15) is 0 Å². The first-order chi connectivity index (χ1) is 5.43. The van der Waals surface area contributed by atoms with Crippen LogP contribution in [0.25, 0.3) is 0 Å². The van der Waals surface area contributed by atoms with Gasteiger partial charge < -0.3 is 5.73 Å². The van der Waals surface area contributed by atoms with Gasteiger partial charge in [-0.1, -0.05) is 12.2 Å². The van der Waals surface area contributed by atoms with E-state index in [-0.39, 0.29) is 0 Å². The first-order valence-corrected chi connectivity index (χ1v) is 5.51. The summed E-state index contributed by atoms with van der Waals surface area (Å²) < 4.78 is 0. The second-order valence-corrected chi connectivity index (χ2v) is 4.18. The van der Waals surface area contributed by atoms with E-state index in [1.165, 1.54) is 30.8 Å². The third-order valence-electron chi connectivity index (χ3n) is 2.03. The smallest absolute Gasteiger partial charge is 0.0106 e. The summed E-state index contributed by atoms with van der Waals surface area (Å²) in [5.74, 6) is 3.66. The molecule has 1 aliphatic rings. The van der Waals surface area contributed by atoms with Gasteiger partial charge in [-0.2, -0.15) is 11.8 Å². The summed E-state index contributed by atoms with van der Waals surface area (Å²) in [4.78, 5) is 0. The molecule has 1 unspecified atom stereocenters. The van der Waals surface area contributed by atoms with Gasteiger partial charge in [-0.05, 0) is 36.7 Å². The van der Waals surface area contributed by atoms with Gasteiger partial charge in [0.15, 0.2) is 0 Å². The van der Waals surface area contributed by atoms with Crippen LogP contribution in [0.15, 0.2) is 12.2 Å². The Morgan fingerprint density at radius 1 is 1.45 bits per heavy atom. The van der Waals surface area contributed by atoms with Crippen molar-refractivity contribution in [2.75, 3.05) is 18.1 Å². The van der Waals surface area contributed by atoms with Crippen molar-refractivity contribution in [2.45, 2.75) is 19.3 Å². The third-order valence-corrected chi connectivity index (χ3v) is 3.31. The van der Waals surface area contributed by atoms with Gasteiger partial charge in [0, 0.05) is 6.54 Å². The number of nitrogens with two attached hydrogens (primary N) is 1. The SMILES string of the molecule is NC/C=C\CC1CCCSC1. The standard InChI is InChI=1S/C9H17NS/c10-6-2-1-4-9-5-3-7-11-8-9/h1-2,9H,3-8,10H2/b2-1-. The maximum atomic E-state index is 5.35. The summed E-state index contributed by atoms with van der Waals surface area (Å²) in [6, 6.07) is 0. The van der Waals surface area contributed by atoms with Crippen LogP contribution < -0.4 is 5.73 Å². The molecule has 2 N–H and O–H groups in total. The number of allylic oxidation sites excluding steroid dienone is 1. The van der Waals surface area contributed by atoms with Gasteiger partial charge in [-0.15, -0.1) is 0 Å². The summed E-state index contributed by atoms with van der Waals surface area (Å²) in [6.07, 6.45) is 8.37. The number of hydrogen-bond acceptors (Lipinski definition) is 2. The zero-order valence-corrected chi connectivity index (χ0v) is 7.78. The first-order valence-electron chi connectivity index (χ1n) is 4.36. The molecule has 1 heterocycles. The molecule has 1 fully saturated rings. The quantitative estimate of drug-likeness (QED) is 0.658. The van der Waals surface area contributed by atoms with Crippen molar-refractivity contribution in [3.63, 3.8) is 0 Å². The van der Waals surface area contributed by atoms with E-state index < -0.39 is 0 Å². The Labute approximate surface area is 73.4 Å². The van der Waals surface area contributed by atoms with Gasteiger partial charge >= 0.3 is 0 Å². The van der Waals surface area contributed by atoms with Crippen LogP contribution in [0.5, 0.6) is 0 Å². The van der Waals surface area contributed by atoms with Gasteiger partial charge in [0.05, 0.1) is 0 Å². The lowest BCUT2D eigenvalue weighted by molar-refractivity contribution is 0.530. The molecule has 2 heteroatoms. The van der Waals surface area contributed by atoms with Crippen molar-refractivity contribution >= 4 is 11.8 Å². The molecular weight excluding hydrogens is 154 g/mol. The molecule has 0 aromatic carbocycles. The van der Waals surface area contributed by atoms with Crippen LogP contribution in [0.2, 0.25) is 0 Å². The highest BCUT2D eigenvalue weighted by atomic mass is 32.2. The summed E-state index contributed by atoms with van der Waals surface area (Å²) in [6.45, 7) is 0.694. The molecule has 0 spiro atoms. The lowest BCUT2D eigenvalue weighted by Gasteiger charge is -2.19. The first kappa shape index (κ1) is 9.14. The second-order valence-electron chi connectivity index (χ2n) is 3.03. The number of thioether (sulfide) groups is 1. The molecule has 11 heavy (non-hydrogen) atoms. The largest absolute Gasteiger partial charge is 0.327 e. The zero-order chi connectivity index (χ0) is 7.94. The molecule has 0 amide bonds. The highest BCUT2D eigenvalue weighted by Crippen LogP contribution is 2.25. The Bertz CT molecular complexity index is 117. The second kappa shape index (κ2) is 5.67. The Hall–Kier alpha value is 0.0500. The van der Waals surface area contributed by atoms with Crippen molar-refractivity contribution in [1.82, 2.24) is 0 Å². The topological polar surface area (TPSA) is 26.0 Å². The molecule has 1 aliphatic heterocycles. The molecule has 0 bridgehead atoms. The molecule has 1 saturated heterocycles. The van der Waals surface area contributed by atoms with Crippen molar-refractivity contribution in [2.24, 2.45) is 11.7 Å². The van der Waals surface area contributed by atoms with Crippen molar-refractivity contribution in [3.05, 3.63) is 12.2 Å². The number of rotatable bonds is 3. The molecule has 0 radical (unpaired) electrons. The van der Waals surface area contributed by atoms with Crippen molar-refractivity contribution in [3.8, 4) is 0 Å². The molecule has 1 rings (SSSR count). The predicted octanol–water partition coefficient (Wildman–Crippen LogP) is 2.03. The third kappa shape index (κ3) is 3.82.